The van der Waals surface area contributed by atoms with Gasteiger partial charge in [-0.1, -0.05) is 0 Å². The standard InChI is InChI=1S/C14H22N2O3/c1-14(2,3)19-13(17)16-11-6-4-10(5-7-11)12-8-15-9-18-12/h8-11H,4-7H2,1-3H3,(H,16,17). The molecule has 106 valence electrons. The van der Waals surface area contributed by atoms with Gasteiger partial charge in [-0.3, -0.25) is 0 Å². The highest BCUT2D eigenvalue weighted by molar-refractivity contribution is 5.68. The Balaban J connectivity index is 1.76. The minimum atomic E-state index is -0.443. The van der Waals surface area contributed by atoms with E-state index in [0.29, 0.717) is 5.92 Å². The Labute approximate surface area is 113 Å². The van der Waals surface area contributed by atoms with E-state index in [1.807, 2.05) is 20.8 Å². The second-order valence-electron chi connectivity index (χ2n) is 6.10. The van der Waals surface area contributed by atoms with Gasteiger partial charge in [0.15, 0.2) is 6.39 Å². The molecule has 5 nitrogen and oxygen atoms in total. The molecule has 0 aromatic carbocycles. The van der Waals surface area contributed by atoms with Crippen LogP contribution in [-0.2, 0) is 4.74 Å². The van der Waals surface area contributed by atoms with Gasteiger partial charge in [0, 0.05) is 12.0 Å². The summed E-state index contributed by atoms with van der Waals surface area (Å²) in [5.41, 5.74) is -0.443. The van der Waals surface area contributed by atoms with E-state index in [1.54, 1.807) is 6.20 Å². The van der Waals surface area contributed by atoms with Crippen molar-refractivity contribution in [1.29, 1.82) is 0 Å². The molecule has 0 saturated heterocycles. The number of rotatable bonds is 2. The molecule has 0 atom stereocenters. The van der Waals surface area contributed by atoms with Crippen molar-refractivity contribution in [3.63, 3.8) is 0 Å². The van der Waals surface area contributed by atoms with E-state index in [-0.39, 0.29) is 12.1 Å². The van der Waals surface area contributed by atoms with Crippen molar-refractivity contribution in [3.05, 3.63) is 18.4 Å². The molecule has 1 N–H and O–H groups in total. The van der Waals surface area contributed by atoms with E-state index < -0.39 is 5.60 Å². The minimum absolute atomic E-state index is 0.203. The number of hydrogen-bond acceptors (Lipinski definition) is 4. The minimum Gasteiger partial charge on any atom is -0.448 e. The first kappa shape index (κ1) is 13.9. The predicted octanol–water partition coefficient (Wildman–Crippen LogP) is 3.23. The third-order valence-corrected chi connectivity index (χ3v) is 3.30. The normalized spacial score (nSPS) is 23.9. The number of ether oxygens (including phenoxy) is 1. The van der Waals surface area contributed by atoms with Crippen LogP contribution >= 0.6 is 0 Å². The Hall–Kier alpha value is -1.52. The lowest BCUT2D eigenvalue weighted by Crippen LogP contribution is -2.40. The Morgan fingerprint density at radius 1 is 1.37 bits per heavy atom. The van der Waals surface area contributed by atoms with Crippen LogP contribution in [0.4, 0.5) is 4.79 Å². The highest BCUT2D eigenvalue weighted by Gasteiger charge is 2.26. The smallest absolute Gasteiger partial charge is 0.407 e. The molecule has 1 aliphatic rings. The molecule has 1 amide bonds. The average Bonchev–Trinajstić information content (AvgIpc) is 2.80. The SMILES string of the molecule is CC(C)(C)OC(=O)NC1CCC(c2cnco2)CC1. The van der Waals surface area contributed by atoms with Crippen LogP contribution < -0.4 is 5.32 Å². The number of alkyl carbamates (subject to hydrolysis) is 1. The van der Waals surface area contributed by atoms with Crippen LogP contribution in [0.15, 0.2) is 17.0 Å². The predicted molar refractivity (Wildman–Crippen MR) is 70.9 cm³/mol. The van der Waals surface area contributed by atoms with Crippen LogP contribution in [0.1, 0.15) is 58.1 Å². The van der Waals surface area contributed by atoms with Crippen molar-refractivity contribution >= 4 is 6.09 Å². The summed E-state index contributed by atoms with van der Waals surface area (Å²) in [6.07, 6.45) is 6.85. The van der Waals surface area contributed by atoms with Gasteiger partial charge < -0.3 is 14.5 Å². The molecule has 1 fully saturated rings. The van der Waals surface area contributed by atoms with E-state index in [9.17, 15) is 4.79 Å². The highest BCUT2D eigenvalue weighted by Crippen LogP contribution is 2.32. The van der Waals surface area contributed by atoms with Crippen molar-refractivity contribution in [2.24, 2.45) is 0 Å². The third kappa shape index (κ3) is 4.26. The van der Waals surface area contributed by atoms with Gasteiger partial charge in [0.2, 0.25) is 0 Å². The summed E-state index contributed by atoms with van der Waals surface area (Å²) in [4.78, 5) is 15.6. The van der Waals surface area contributed by atoms with Crippen molar-refractivity contribution in [2.45, 2.75) is 64.0 Å². The maximum absolute atomic E-state index is 11.7. The highest BCUT2D eigenvalue weighted by atomic mass is 16.6. The van der Waals surface area contributed by atoms with Crippen molar-refractivity contribution in [3.8, 4) is 0 Å². The zero-order valence-electron chi connectivity index (χ0n) is 11.8. The molecular weight excluding hydrogens is 244 g/mol. The summed E-state index contributed by atoms with van der Waals surface area (Å²) in [6, 6.07) is 0.203. The van der Waals surface area contributed by atoms with Crippen LogP contribution in [0, 0.1) is 0 Å². The first-order valence-corrected chi connectivity index (χ1v) is 6.82. The number of carbonyl (C=O) groups is 1. The summed E-state index contributed by atoms with van der Waals surface area (Å²) in [5, 5.41) is 2.93. The van der Waals surface area contributed by atoms with E-state index in [0.717, 1.165) is 31.4 Å². The maximum Gasteiger partial charge on any atom is 0.407 e. The molecule has 1 aromatic rings. The van der Waals surface area contributed by atoms with Gasteiger partial charge in [0.1, 0.15) is 11.4 Å². The second kappa shape index (κ2) is 5.63. The monoisotopic (exact) mass is 266 g/mol. The van der Waals surface area contributed by atoms with Crippen molar-refractivity contribution < 1.29 is 13.9 Å². The first-order chi connectivity index (χ1) is 8.94. The molecule has 1 aromatic heterocycles. The van der Waals surface area contributed by atoms with Gasteiger partial charge in [0.05, 0.1) is 6.20 Å². The Bertz CT molecular complexity index is 401. The van der Waals surface area contributed by atoms with E-state index in [4.69, 9.17) is 9.15 Å². The zero-order chi connectivity index (χ0) is 13.9. The Morgan fingerprint density at radius 3 is 2.58 bits per heavy atom. The second-order valence-corrected chi connectivity index (χ2v) is 6.10. The van der Waals surface area contributed by atoms with Crippen LogP contribution in [0.2, 0.25) is 0 Å². The maximum atomic E-state index is 11.7. The fourth-order valence-corrected chi connectivity index (χ4v) is 2.42. The lowest BCUT2D eigenvalue weighted by molar-refractivity contribution is 0.0490. The molecule has 19 heavy (non-hydrogen) atoms. The molecule has 0 aliphatic heterocycles. The van der Waals surface area contributed by atoms with Crippen molar-refractivity contribution in [1.82, 2.24) is 10.3 Å². The van der Waals surface area contributed by atoms with E-state index in [1.165, 1.54) is 6.39 Å². The average molecular weight is 266 g/mol. The number of nitrogens with zero attached hydrogens (tertiary/aromatic N) is 1. The lowest BCUT2D eigenvalue weighted by atomic mass is 9.85. The largest absolute Gasteiger partial charge is 0.448 e. The van der Waals surface area contributed by atoms with Crippen LogP contribution in [0.5, 0.6) is 0 Å². The number of amides is 1. The molecule has 1 aliphatic carbocycles. The molecule has 0 radical (unpaired) electrons. The molecule has 1 heterocycles. The number of hydrogen-bond donors (Lipinski definition) is 1. The number of nitrogens with one attached hydrogen (secondary N) is 1. The van der Waals surface area contributed by atoms with Gasteiger partial charge in [-0.25, -0.2) is 9.78 Å². The molecule has 0 spiro atoms. The Kier molecular flexibility index (Phi) is 4.12. The number of carbonyl (C=O) groups excluding carboxylic acids is 1. The number of oxazole rings is 1. The fraction of sp³-hybridized carbons (Fsp3) is 0.714. The summed E-state index contributed by atoms with van der Waals surface area (Å²) in [5.74, 6) is 1.38. The van der Waals surface area contributed by atoms with Crippen molar-refractivity contribution in [2.75, 3.05) is 0 Å². The molecule has 2 rings (SSSR count). The van der Waals surface area contributed by atoms with E-state index in [2.05, 4.69) is 10.3 Å². The molecule has 1 saturated carbocycles. The molecule has 0 bridgehead atoms. The summed E-state index contributed by atoms with van der Waals surface area (Å²) in [7, 11) is 0. The van der Waals surface area contributed by atoms with Crippen LogP contribution in [-0.4, -0.2) is 22.7 Å². The van der Waals surface area contributed by atoms with Gasteiger partial charge in [0.25, 0.3) is 0 Å². The zero-order valence-corrected chi connectivity index (χ0v) is 11.8. The third-order valence-electron chi connectivity index (χ3n) is 3.30. The lowest BCUT2D eigenvalue weighted by Gasteiger charge is -2.29. The molecule has 0 unspecified atom stereocenters. The molecule has 5 heteroatoms. The summed E-state index contributed by atoms with van der Waals surface area (Å²) in [6.45, 7) is 5.61. The van der Waals surface area contributed by atoms with Gasteiger partial charge in [-0.2, -0.15) is 0 Å². The van der Waals surface area contributed by atoms with Gasteiger partial charge in [-0.05, 0) is 46.5 Å². The fourth-order valence-electron chi connectivity index (χ4n) is 2.42. The molecular formula is C14H22N2O3. The number of aromatic nitrogens is 1. The topological polar surface area (TPSA) is 64.4 Å². The van der Waals surface area contributed by atoms with Gasteiger partial charge >= 0.3 is 6.09 Å². The first-order valence-electron chi connectivity index (χ1n) is 6.82. The van der Waals surface area contributed by atoms with E-state index >= 15 is 0 Å². The van der Waals surface area contributed by atoms with Crippen LogP contribution in [0.3, 0.4) is 0 Å². The van der Waals surface area contributed by atoms with Gasteiger partial charge in [-0.15, -0.1) is 0 Å². The summed E-state index contributed by atoms with van der Waals surface area (Å²) < 4.78 is 10.6. The van der Waals surface area contributed by atoms with Crippen LogP contribution in [0.25, 0.3) is 0 Å². The quantitative estimate of drug-likeness (QED) is 0.892. The summed E-state index contributed by atoms with van der Waals surface area (Å²) >= 11 is 0. The Morgan fingerprint density at radius 2 is 2.05 bits per heavy atom.